The van der Waals surface area contributed by atoms with Crippen molar-refractivity contribution in [3.8, 4) is 11.4 Å². The number of halogens is 1. The molecule has 0 spiro atoms. The number of carbonyl (C=O) groups excluding carboxylic acids is 2. The lowest BCUT2D eigenvalue weighted by Crippen LogP contribution is -2.49. The van der Waals surface area contributed by atoms with Crippen molar-refractivity contribution in [3.05, 3.63) is 53.2 Å². The largest absolute Gasteiger partial charge is 0.444 e. The fourth-order valence-corrected chi connectivity index (χ4v) is 6.42. The second-order valence-electron chi connectivity index (χ2n) is 12.3. The number of allylic oxidation sites excluding steroid dienone is 1. The predicted molar refractivity (Wildman–Crippen MR) is 158 cm³/mol. The number of piperazine rings is 1. The van der Waals surface area contributed by atoms with Crippen LogP contribution in [0.1, 0.15) is 32.8 Å². The Bertz CT molecular complexity index is 1490. The third-order valence-electron chi connectivity index (χ3n) is 8.23. The van der Waals surface area contributed by atoms with Gasteiger partial charge in [-0.2, -0.15) is 0 Å². The van der Waals surface area contributed by atoms with Crippen LogP contribution >= 0.6 is 11.6 Å². The molecule has 2 amide bonds. The SMILES string of the molecule is CC(C)(C)OC(=O)N1CCN(Cc2ccc(-c3nc4ncc(Cl)c(N[C@H]5[C@@H](C(N)=O)[C@@H]6C=C[C@H]5C6)c4[nH]3)cc2)CC1. The van der Waals surface area contributed by atoms with E-state index in [9.17, 15) is 9.59 Å². The van der Waals surface area contributed by atoms with Crippen molar-refractivity contribution in [2.45, 2.75) is 45.4 Å². The minimum Gasteiger partial charge on any atom is -0.444 e. The van der Waals surface area contributed by atoms with Crippen molar-refractivity contribution in [2.75, 3.05) is 31.5 Å². The Hall–Kier alpha value is -3.63. The molecule has 3 aliphatic rings. The van der Waals surface area contributed by atoms with E-state index in [-0.39, 0.29) is 35.8 Å². The van der Waals surface area contributed by atoms with E-state index in [1.807, 2.05) is 32.9 Å². The van der Waals surface area contributed by atoms with E-state index in [0.717, 1.165) is 31.6 Å². The van der Waals surface area contributed by atoms with Gasteiger partial charge in [-0.3, -0.25) is 9.69 Å². The molecule has 0 unspecified atom stereocenters. The molecule has 1 aromatic carbocycles. The van der Waals surface area contributed by atoms with Gasteiger partial charge in [0.2, 0.25) is 5.91 Å². The molecule has 41 heavy (non-hydrogen) atoms. The zero-order valence-electron chi connectivity index (χ0n) is 23.6. The molecule has 2 aromatic heterocycles. The van der Waals surface area contributed by atoms with Crippen LogP contribution in [0, 0.1) is 17.8 Å². The van der Waals surface area contributed by atoms with E-state index in [0.29, 0.717) is 40.8 Å². The number of fused-ring (bicyclic) bond motifs is 3. The van der Waals surface area contributed by atoms with Gasteiger partial charge < -0.3 is 25.7 Å². The van der Waals surface area contributed by atoms with Crippen LogP contribution in [-0.2, 0) is 16.1 Å². The van der Waals surface area contributed by atoms with Crippen molar-refractivity contribution in [1.82, 2.24) is 24.8 Å². The Morgan fingerprint density at radius 2 is 1.83 bits per heavy atom. The number of rotatable bonds is 6. The third-order valence-corrected chi connectivity index (χ3v) is 8.52. The molecule has 1 saturated carbocycles. The molecule has 6 rings (SSSR count). The fraction of sp³-hybridized carbons (Fsp3) is 0.467. The van der Waals surface area contributed by atoms with Gasteiger partial charge in [-0.25, -0.2) is 14.8 Å². The van der Waals surface area contributed by atoms with Gasteiger partial charge in [-0.1, -0.05) is 48.0 Å². The van der Waals surface area contributed by atoms with E-state index in [4.69, 9.17) is 27.1 Å². The molecular weight excluding hydrogens is 542 g/mol. The molecule has 0 radical (unpaired) electrons. The first kappa shape index (κ1) is 27.5. The summed E-state index contributed by atoms with van der Waals surface area (Å²) in [6.45, 7) is 9.34. The number of nitrogens with one attached hydrogen (secondary N) is 2. The van der Waals surface area contributed by atoms with Gasteiger partial charge in [0.25, 0.3) is 0 Å². The van der Waals surface area contributed by atoms with Gasteiger partial charge in [0.05, 0.1) is 22.8 Å². The first-order chi connectivity index (χ1) is 19.6. The van der Waals surface area contributed by atoms with Gasteiger partial charge >= 0.3 is 6.09 Å². The summed E-state index contributed by atoms with van der Waals surface area (Å²) in [4.78, 5) is 41.3. The van der Waals surface area contributed by atoms with Crippen LogP contribution in [0.5, 0.6) is 0 Å². The normalized spacial score (nSPS) is 24.2. The molecule has 3 aromatic rings. The summed E-state index contributed by atoms with van der Waals surface area (Å²) < 4.78 is 5.50. The second-order valence-corrected chi connectivity index (χ2v) is 12.7. The van der Waals surface area contributed by atoms with Gasteiger partial charge in [0.1, 0.15) is 16.9 Å². The number of H-pyrrole nitrogens is 1. The summed E-state index contributed by atoms with van der Waals surface area (Å²) in [5, 5.41) is 3.98. The Morgan fingerprint density at radius 1 is 1.12 bits per heavy atom. The summed E-state index contributed by atoms with van der Waals surface area (Å²) >= 11 is 6.59. The van der Waals surface area contributed by atoms with Gasteiger partial charge in [0, 0.05) is 44.3 Å². The van der Waals surface area contributed by atoms with E-state index in [2.05, 4.69) is 44.5 Å². The van der Waals surface area contributed by atoms with Crippen molar-refractivity contribution < 1.29 is 14.3 Å². The van der Waals surface area contributed by atoms with E-state index in [1.165, 1.54) is 5.56 Å². The van der Waals surface area contributed by atoms with Crippen LogP contribution in [0.15, 0.2) is 42.6 Å². The Morgan fingerprint density at radius 3 is 2.51 bits per heavy atom. The summed E-state index contributed by atoms with van der Waals surface area (Å²) in [6, 6.07) is 8.16. The molecule has 11 heteroatoms. The number of ether oxygens (including phenoxy) is 1. The van der Waals surface area contributed by atoms with Crippen molar-refractivity contribution >= 4 is 40.5 Å². The number of hydrogen-bond donors (Lipinski definition) is 3. The monoisotopic (exact) mass is 577 g/mol. The van der Waals surface area contributed by atoms with Crippen molar-refractivity contribution in [1.29, 1.82) is 0 Å². The number of imidazole rings is 1. The Labute approximate surface area is 244 Å². The number of aromatic nitrogens is 3. The summed E-state index contributed by atoms with van der Waals surface area (Å²) in [6.07, 6.45) is 6.52. The molecular formula is C30H36ClN7O3. The van der Waals surface area contributed by atoms with Crippen LogP contribution in [0.25, 0.3) is 22.6 Å². The van der Waals surface area contributed by atoms with E-state index in [1.54, 1.807) is 11.1 Å². The highest BCUT2D eigenvalue weighted by Crippen LogP contribution is 2.46. The van der Waals surface area contributed by atoms with E-state index < -0.39 is 5.60 Å². The highest BCUT2D eigenvalue weighted by molar-refractivity contribution is 6.34. The number of aromatic amines is 1. The number of nitrogens with two attached hydrogens (primary N) is 1. The van der Waals surface area contributed by atoms with Crippen LogP contribution < -0.4 is 11.1 Å². The van der Waals surface area contributed by atoms with Crippen LogP contribution in [0.2, 0.25) is 5.02 Å². The topological polar surface area (TPSA) is 129 Å². The summed E-state index contributed by atoms with van der Waals surface area (Å²) in [5.41, 5.74) is 9.33. The number of amides is 2. The first-order valence-electron chi connectivity index (χ1n) is 14.1. The molecule has 2 aliphatic carbocycles. The van der Waals surface area contributed by atoms with Gasteiger partial charge in [-0.15, -0.1) is 0 Å². The number of benzene rings is 1. The molecule has 216 valence electrons. The van der Waals surface area contributed by atoms with Crippen molar-refractivity contribution in [2.24, 2.45) is 23.5 Å². The fourth-order valence-electron chi connectivity index (χ4n) is 6.23. The molecule has 4 N–H and O–H groups in total. The third kappa shape index (κ3) is 5.63. The summed E-state index contributed by atoms with van der Waals surface area (Å²) in [7, 11) is 0. The lowest BCUT2D eigenvalue weighted by Gasteiger charge is -2.35. The lowest BCUT2D eigenvalue weighted by atomic mass is 9.88. The number of primary amides is 1. The zero-order chi connectivity index (χ0) is 28.9. The standard InChI is InChI=1S/C30H36ClN7O3/c1-30(2,3)41-29(40)38-12-10-37(11-13-38)16-17-4-6-18(7-5-17)27-35-25-24(21(31)15-33-28(25)36-27)34-23-20-9-8-19(14-20)22(23)26(32)39/h4-9,15,19-20,22-23H,10-14,16H2,1-3H3,(H2,32,39)(H2,33,34,35,36)/t19-,20+,22+,23-/m1/s1. The van der Waals surface area contributed by atoms with E-state index >= 15 is 0 Å². The maximum absolute atomic E-state index is 12.4. The maximum atomic E-state index is 12.4. The molecule has 3 heterocycles. The minimum absolute atomic E-state index is 0.123. The van der Waals surface area contributed by atoms with Crippen molar-refractivity contribution in [3.63, 3.8) is 0 Å². The zero-order valence-corrected chi connectivity index (χ0v) is 24.3. The first-order valence-corrected chi connectivity index (χ1v) is 14.5. The number of hydrogen-bond acceptors (Lipinski definition) is 7. The number of carbonyl (C=O) groups is 2. The quantitative estimate of drug-likeness (QED) is 0.370. The van der Waals surface area contributed by atoms with Crippen LogP contribution in [0.4, 0.5) is 10.5 Å². The second kappa shape index (κ2) is 10.6. The van der Waals surface area contributed by atoms with Gasteiger partial charge in [-0.05, 0) is 44.6 Å². The summed E-state index contributed by atoms with van der Waals surface area (Å²) in [5.74, 6) is 0.507. The average Bonchev–Trinajstić information content (AvgIpc) is 3.65. The average molecular weight is 578 g/mol. The molecule has 2 fully saturated rings. The number of nitrogens with zero attached hydrogens (tertiary/aromatic N) is 4. The molecule has 10 nitrogen and oxygen atoms in total. The minimum atomic E-state index is -0.489. The number of anilines is 1. The smallest absolute Gasteiger partial charge is 0.410 e. The number of pyridine rings is 1. The highest BCUT2D eigenvalue weighted by Gasteiger charge is 2.47. The molecule has 1 saturated heterocycles. The van der Waals surface area contributed by atoms with Gasteiger partial charge in [0.15, 0.2) is 5.65 Å². The van der Waals surface area contributed by atoms with Crippen LogP contribution in [-0.4, -0.2) is 74.6 Å². The predicted octanol–water partition coefficient (Wildman–Crippen LogP) is 4.42. The lowest BCUT2D eigenvalue weighted by molar-refractivity contribution is -0.122. The molecule has 1 aliphatic heterocycles. The molecule has 2 bridgehead atoms. The molecule has 4 atom stereocenters. The highest BCUT2D eigenvalue weighted by atomic mass is 35.5. The Kier molecular flexibility index (Phi) is 7.15. The van der Waals surface area contributed by atoms with Crippen LogP contribution in [0.3, 0.4) is 0 Å². The maximum Gasteiger partial charge on any atom is 0.410 e. The Balaban J connectivity index is 1.13.